The maximum absolute atomic E-state index is 12.1. The average Bonchev–Trinajstić information content (AvgIpc) is 2.59. The maximum atomic E-state index is 12.1. The Morgan fingerprint density at radius 2 is 2.13 bits per heavy atom. The molecule has 0 radical (unpaired) electrons. The van der Waals surface area contributed by atoms with Gasteiger partial charge in [0.2, 0.25) is 5.91 Å². The molecule has 5 heteroatoms. The van der Waals surface area contributed by atoms with Gasteiger partial charge in [0.05, 0.1) is 19.8 Å². The van der Waals surface area contributed by atoms with E-state index in [1.54, 1.807) is 0 Å². The predicted octanol–water partition coefficient (Wildman–Crippen LogP) is 1.94. The van der Waals surface area contributed by atoms with E-state index in [1.807, 2.05) is 24.3 Å². The number of hydrogen-bond donors (Lipinski definition) is 2. The van der Waals surface area contributed by atoms with Crippen LogP contribution in [0, 0.1) is 0 Å². The van der Waals surface area contributed by atoms with E-state index in [0.29, 0.717) is 13.1 Å². The Balaban J connectivity index is 1.75. The molecular weight excluding hydrogens is 292 g/mol. The van der Waals surface area contributed by atoms with Gasteiger partial charge in [0, 0.05) is 12.6 Å². The Morgan fingerprint density at radius 3 is 2.83 bits per heavy atom. The number of ether oxygens (including phenoxy) is 1. The molecule has 0 spiro atoms. The van der Waals surface area contributed by atoms with Crippen LogP contribution >= 0.6 is 0 Å². The zero-order valence-corrected chi connectivity index (χ0v) is 14.0. The van der Waals surface area contributed by atoms with Crippen LogP contribution in [0.3, 0.4) is 0 Å². The number of aliphatic hydroxyl groups is 1. The van der Waals surface area contributed by atoms with Crippen molar-refractivity contribution in [2.24, 2.45) is 0 Å². The fraction of sp³-hybridized carbons (Fsp3) is 0.611. The molecule has 1 aromatic rings. The molecule has 1 aliphatic rings. The molecule has 1 unspecified atom stereocenters. The molecule has 1 saturated heterocycles. The van der Waals surface area contributed by atoms with Gasteiger partial charge in [-0.05, 0) is 43.5 Å². The van der Waals surface area contributed by atoms with Gasteiger partial charge in [0.15, 0.2) is 0 Å². The lowest BCUT2D eigenvalue weighted by Gasteiger charge is -2.33. The molecule has 1 atom stereocenters. The first-order chi connectivity index (χ1) is 11.2. The van der Waals surface area contributed by atoms with Crippen molar-refractivity contribution in [1.82, 2.24) is 10.2 Å². The van der Waals surface area contributed by atoms with Crippen LogP contribution in [0.15, 0.2) is 24.3 Å². The largest absolute Gasteiger partial charge is 0.494 e. The number of piperidine rings is 1. The van der Waals surface area contributed by atoms with Crippen LogP contribution < -0.4 is 10.1 Å². The van der Waals surface area contributed by atoms with Crippen molar-refractivity contribution in [3.05, 3.63) is 29.8 Å². The molecule has 5 nitrogen and oxygen atoms in total. The monoisotopic (exact) mass is 320 g/mol. The maximum Gasteiger partial charge on any atom is 0.234 e. The molecular formula is C18H28N2O3. The molecule has 0 aromatic heterocycles. The van der Waals surface area contributed by atoms with Gasteiger partial charge in [0.25, 0.3) is 0 Å². The summed E-state index contributed by atoms with van der Waals surface area (Å²) in [5.41, 5.74) is 1.06. The number of rotatable bonds is 8. The summed E-state index contributed by atoms with van der Waals surface area (Å²) in [7, 11) is 0. The Bertz CT molecular complexity index is 476. The minimum absolute atomic E-state index is 0.0108. The average molecular weight is 320 g/mol. The lowest BCUT2D eigenvalue weighted by atomic mass is 10.0. The summed E-state index contributed by atoms with van der Waals surface area (Å²) in [5.74, 6) is 0.873. The predicted molar refractivity (Wildman–Crippen MR) is 90.4 cm³/mol. The van der Waals surface area contributed by atoms with Crippen molar-refractivity contribution in [3.63, 3.8) is 0 Å². The summed E-state index contributed by atoms with van der Waals surface area (Å²) < 4.78 is 5.54. The van der Waals surface area contributed by atoms with E-state index in [4.69, 9.17) is 4.74 Å². The summed E-state index contributed by atoms with van der Waals surface area (Å²) in [6.07, 6.45) is 4.20. The SMILES string of the molecule is CCCOc1ccc(CNC(=O)CN2CCCCC2CO)cc1. The van der Waals surface area contributed by atoms with Crippen molar-refractivity contribution in [2.75, 3.05) is 26.3 Å². The molecule has 1 fully saturated rings. The van der Waals surface area contributed by atoms with E-state index in [0.717, 1.165) is 50.1 Å². The summed E-state index contributed by atoms with van der Waals surface area (Å²) in [6, 6.07) is 7.95. The summed E-state index contributed by atoms with van der Waals surface area (Å²) >= 11 is 0. The molecule has 1 amide bonds. The van der Waals surface area contributed by atoms with Gasteiger partial charge >= 0.3 is 0 Å². The number of amides is 1. The van der Waals surface area contributed by atoms with Gasteiger partial charge < -0.3 is 15.2 Å². The third-order valence-corrected chi connectivity index (χ3v) is 4.19. The molecule has 1 heterocycles. The van der Waals surface area contributed by atoms with E-state index in [-0.39, 0.29) is 18.6 Å². The molecule has 0 bridgehead atoms. The van der Waals surface area contributed by atoms with Crippen LogP contribution in [0.5, 0.6) is 5.75 Å². The lowest BCUT2D eigenvalue weighted by molar-refractivity contribution is -0.123. The Kier molecular flexibility index (Phi) is 7.36. The first-order valence-corrected chi connectivity index (χ1v) is 8.56. The van der Waals surface area contributed by atoms with Crippen molar-refractivity contribution < 1.29 is 14.6 Å². The van der Waals surface area contributed by atoms with Gasteiger partial charge in [-0.2, -0.15) is 0 Å². The van der Waals surface area contributed by atoms with E-state index >= 15 is 0 Å². The first-order valence-electron chi connectivity index (χ1n) is 8.56. The van der Waals surface area contributed by atoms with Gasteiger partial charge in [-0.1, -0.05) is 25.5 Å². The van der Waals surface area contributed by atoms with Crippen molar-refractivity contribution in [3.8, 4) is 5.75 Å². The summed E-state index contributed by atoms with van der Waals surface area (Å²) in [6.45, 7) is 4.70. The van der Waals surface area contributed by atoms with Crippen molar-refractivity contribution in [2.45, 2.75) is 45.2 Å². The zero-order valence-electron chi connectivity index (χ0n) is 14.0. The van der Waals surface area contributed by atoms with Gasteiger partial charge in [-0.25, -0.2) is 0 Å². The number of likely N-dealkylation sites (tertiary alicyclic amines) is 1. The third-order valence-electron chi connectivity index (χ3n) is 4.19. The number of hydrogen-bond acceptors (Lipinski definition) is 4. The first kappa shape index (κ1) is 17.8. The summed E-state index contributed by atoms with van der Waals surface area (Å²) in [5, 5.41) is 12.3. The van der Waals surface area contributed by atoms with E-state index < -0.39 is 0 Å². The van der Waals surface area contributed by atoms with Crippen LogP contribution in [0.4, 0.5) is 0 Å². The second kappa shape index (κ2) is 9.53. The van der Waals surface area contributed by atoms with Crippen molar-refractivity contribution >= 4 is 5.91 Å². The molecule has 2 rings (SSSR count). The van der Waals surface area contributed by atoms with Crippen LogP contribution in [0.1, 0.15) is 38.2 Å². The Morgan fingerprint density at radius 1 is 1.35 bits per heavy atom. The minimum atomic E-state index is 0.0108. The highest BCUT2D eigenvalue weighted by molar-refractivity contribution is 5.78. The number of nitrogens with one attached hydrogen (secondary N) is 1. The van der Waals surface area contributed by atoms with Gasteiger partial charge in [-0.3, -0.25) is 9.69 Å². The van der Waals surface area contributed by atoms with Crippen molar-refractivity contribution in [1.29, 1.82) is 0 Å². The molecule has 0 saturated carbocycles. The highest BCUT2D eigenvalue weighted by Crippen LogP contribution is 2.16. The number of nitrogens with zero attached hydrogens (tertiary/aromatic N) is 1. The second-order valence-electron chi connectivity index (χ2n) is 6.07. The van der Waals surface area contributed by atoms with E-state index in [1.165, 1.54) is 0 Å². The standard InChI is InChI=1S/C18H28N2O3/c1-2-11-23-17-8-6-15(7-9-17)12-19-18(22)13-20-10-4-3-5-16(20)14-21/h6-9,16,21H,2-5,10-14H2,1H3,(H,19,22). The second-order valence-corrected chi connectivity index (χ2v) is 6.07. The quantitative estimate of drug-likeness (QED) is 0.768. The van der Waals surface area contributed by atoms with E-state index in [2.05, 4.69) is 17.1 Å². The Labute approximate surface area is 138 Å². The fourth-order valence-electron chi connectivity index (χ4n) is 2.84. The third kappa shape index (κ3) is 5.84. The highest BCUT2D eigenvalue weighted by Gasteiger charge is 2.23. The molecule has 128 valence electrons. The normalized spacial score (nSPS) is 18.6. The lowest BCUT2D eigenvalue weighted by Crippen LogP contribution is -2.46. The van der Waals surface area contributed by atoms with Crippen LogP contribution in [-0.2, 0) is 11.3 Å². The Hall–Kier alpha value is -1.59. The number of carbonyl (C=O) groups excluding carboxylic acids is 1. The topological polar surface area (TPSA) is 61.8 Å². The molecule has 0 aliphatic carbocycles. The van der Waals surface area contributed by atoms with Crippen LogP contribution in [-0.4, -0.2) is 48.3 Å². The smallest absolute Gasteiger partial charge is 0.234 e. The van der Waals surface area contributed by atoms with Gasteiger partial charge in [-0.15, -0.1) is 0 Å². The number of benzene rings is 1. The van der Waals surface area contributed by atoms with E-state index in [9.17, 15) is 9.90 Å². The number of carbonyl (C=O) groups is 1. The fourth-order valence-corrected chi connectivity index (χ4v) is 2.84. The summed E-state index contributed by atoms with van der Waals surface area (Å²) in [4.78, 5) is 14.2. The molecule has 1 aliphatic heterocycles. The molecule has 1 aromatic carbocycles. The van der Waals surface area contributed by atoms with Crippen LogP contribution in [0.2, 0.25) is 0 Å². The minimum Gasteiger partial charge on any atom is -0.494 e. The number of aliphatic hydroxyl groups excluding tert-OH is 1. The van der Waals surface area contributed by atoms with Crippen LogP contribution in [0.25, 0.3) is 0 Å². The molecule has 2 N–H and O–H groups in total. The van der Waals surface area contributed by atoms with Gasteiger partial charge in [0.1, 0.15) is 5.75 Å². The highest BCUT2D eigenvalue weighted by atomic mass is 16.5. The zero-order chi connectivity index (χ0) is 16.5. The molecule has 23 heavy (non-hydrogen) atoms.